The molecule has 2 heterocycles. The van der Waals surface area contributed by atoms with Gasteiger partial charge in [-0.3, -0.25) is 0 Å². The van der Waals surface area contributed by atoms with Crippen LogP contribution in [-0.4, -0.2) is 28.0 Å². The molecule has 130 valence electrons. The summed E-state index contributed by atoms with van der Waals surface area (Å²) in [5, 5.41) is 15.7. The third-order valence-electron chi connectivity index (χ3n) is 3.67. The van der Waals surface area contributed by atoms with Crippen molar-refractivity contribution < 1.29 is 14.6 Å². The monoisotopic (exact) mass is 396 g/mol. The van der Waals surface area contributed by atoms with E-state index in [1.54, 1.807) is 30.3 Å². The van der Waals surface area contributed by atoms with Gasteiger partial charge in [0.15, 0.2) is 0 Å². The van der Waals surface area contributed by atoms with Crippen molar-refractivity contribution >= 4 is 40.5 Å². The third-order valence-corrected chi connectivity index (χ3v) is 5.34. The quantitative estimate of drug-likeness (QED) is 0.628. The fourth-order valence-electron chi connectivity index (χ4n) is 2.42. The average molecular weight is 397 g/mol. The number of methoxy groups -OCH3 is 1. The summed E-state index contributed by atoms with van der Waals surface area (Å²) >= 11 is 13.4. The van der Waals surface area contributed by atoms with Crippen LogP contribution in [0.3, 0.4) is 0 Å². The van der Waals surface area contributed by atoms with Crippen molar-refractivity contribution in [3.05, 3.63) is 56.2 Å². The first-order chi connectivity index (χ1) is 11.9. The van der Waals surface area contributed by atoms with E-state index >= 15 is 0 Å². The van der Waals surface area contributed by atoms with Crippen LogP contribution in [0.15, 0.2) is 36.4 Å². The van der Waals surface area contributed by atoms with Gasteiger partial charge in [0.2, 0.25) is 5.88 Å². The van der Waals surface area contributed by atoms with Gasteiger partial charge in [-0.1, -0.05) is 23.2 Å². The van der Waals surface area contributed by atoms with Gasteiger partial charge in [0.1, 0.15) is 4.88 Å². The lowest BCUT2D eigenvalue weighted by Gasteiger charge is -2.11. The van der Waals surface area contributed by atoms with Gasteiger partial charge in [-0.2, -0.15) is 5.10 Å². The molecule has 0 amide bonds. The number of hydrogen-bond acceptors (Lipinski definition) is 5. The third kappa shape index (κ3) is 3.66. The molecule has 3 rings (SSSR count). The molecule has 0 aliphatic carbocycles. The van der Waals surface area contributed by atoms with Gasteiger partial charge < -0.3 is 9.84 Å². The maximum Gasteiger partial charge on any atom is 0.348 e. The first-order valence-electron chi connectivity index (χ1n) is 7.32. The van der Waals surface area contributed by atoms with Gasteiger partial charge in [0.05, 0.1) is 18.8 Å². The highest BCUT2D eigenvalue weighted by molar-refractivity contribution is 7.14. The molecule has 0 aliphatic rings. The first kappa shape index (κ1) is 17.8. The number of rotatable bonds is 4. The largest absolute Gasteiger partial charge is 0.493 e. The molecule has 8 heteroatoms. The molecule has 0 saturated heterocycles. The number of thiophene rings is 1. The molecule has 0 bridgehead atoms. The number of carbonyl (C=O) groups excluding carboxylic acids is 1. The van der Waals surface area contributed by atoms with Crippen LogP contribution in [0.4, 0.5) is 0 Å². The molecule has 3 aromatic rings. The Bertz CT molecular complexity index is 916. The highest BCUT2D eigenvalue weighted by Crippen LogP contribution is 2.33. The van der Waals surface area contributed by atoms with E-state index in [-0.39, 0.29) is 17.9 Å². The summed E-state index contributed by atoms with van der Waals surface area (Å²) in [4.78, 5) is 13.0. The Morgan fingerprint density at radius 1 is 1.24 bits per heavy atom. The maximum atomic E-state index is 11.6. The molecule has 1 atom stereocenters. The van der Waals surface area contributed by atoms with Crippen LogP contribution < -0.4 is 0 Å². The predicted molar refractivity (Wildman–Crippen MR) is 98.8 cm³/mol. The van der Waals surface area contributed by atoms with E-state index in [1.165, 1.54) is 23.1 Å². The predicted octanol–water partition coefficient (Wildman–Crippen LogP) is 5.02. The number of carbonyl (C=O) groups is 1. The number of aromatic hydroxyl groups is 1. The molecular weight excluding hydrogens is 383 g/mol. The molecule has 0 fully saturated rings. The minimum atomic E-state index is -0.387. The smallest absolute Gasteiger partial charge is 0.348 e. The van der Waals surface area contributed by atoms with Crippen LogP contribution in [0.25, 0.3) is 11.3 Å². The summed E-state index contributed by atoms with van der Waals surface area (Å²) in [6.45, 7) is 1.88. The molecular formula is C17H14Cl2N2O3S. The molecule has 1 unspecified atom stereocenters. The minimum absolute atomic E-state index is 0.00613. The van der Waals surface area contributed by atoms with Crippen molar-refractivity contribution in [1.82, 2.24) is 9.78 Å². The van der Waals surface area contributed by atoms with Crippen LogP contribution in [0, 0.1) is 0 Å². The molecule has 25 heavy (non-hydrogen) atoms. The average Bonchev–Trinajstić information content (AvgIpc) is 3.19. The number of hydrogen-bond donors (Lipinski definition) is 1. The second kappa shape index (κ2) is 7.07. The Kier molecular flexibility index (Phi) is 5.03. The number of aromatic nitrogens is 2. The molecule has 1 aromatic carbocycles. The van der Waals surface area contributed by atoms with E-state index in [9.17, 15) is 9.90 Å². The van der Waals surface area contributed by atoms with Gasteiger partial charge in [-0.05, 0) is 37.3 Å². The molecule has 0 spiro atoms. The zero-order valence-electron chi connectivity index (χ0n) is 13.4. The Labute approximate surface area is 158 Å². The van der Waals surface area contributed by atoms with Gasteiger partial charge in [-0.15, -0.1) is 11.3 Å². The molecule has 0 radical (unpaired) electrons. The Balaban J connectivity index is 1.94. The Hall–Kier alpha value is -2.02. The van der Waals surface area contributed by atoms with Gasteiger partial charge in [0.25, 0.3) is 0 Å². The molecule has 0 aliphatic heterocycles. The second-order valence-electron chi connectivity index (χ2n) is 5.36. The topological polar surface area (TPSA) is 64.4 Å². The lowest BCUT2D eigenvalue weighted by Crippen LogP contribution is -2.06. The first-order valence-corrected chi connectivity index (χ1v) is 8.89. The fourth-order valence-corrected chi connectivity index (χ4v) is 3.91. The van der Waals surface area contributed by atoms with E-state index in [4.69, 9.17) is 27.9 Å². The molecule has 5 nitrogen and oxygen atoms in total. The van der Waals surface area contributed by atoms with Gasteiger partial charge >= 0.3 is 5.97 Å². The van der Waals surface area contributed by atoms with Crippen LogP contribution >= 0.6 is 34.5 Å². The van der Waals surface area contributed by atoms with E-state index in [2.05, 4.69) is 5.10 Å². The molecule has 2 aromatic heterocycles. The van der Waals surface area contributed by atoms with Crippen molar-refractivity contribution in [1.29, 1.82) is 0 Å². The van der Waals surface area contributed by atoms with Crippen molar-refractivity contribution in [2.75, 3.05) is 7.11 Å². The number of halogens is 2. The fraction of sp³-hybridized carbons (Fsp3) is 0.176. The van der Waals surface area contributed by atoms with Crippen molar-refractivity contribution in [3.63, 3.8) is 0 Å². The standard InChI is InChI=1S/C17H14Cl2N2O3S/c1-9(14-3-4-15(25-14)17(23)24-2)21-16(22)8-13(20-21)10-5-11(18)7-12(19)6-10/h3-9,22H,1-2H3. The van der Waals surface area contributed by atoms with E-state index in [0.717, 1.165) is 4.88 Å². The Morgan fingerprint density at radius 2 is 1.92 bits per heavy atom. The van der Waals surface area contributed by atoms with Crippen LogP contribution in [-0.2, 0) is 4.74 Å². The zero-order valence-corrected chi connectivity index (χ0v) is 15.7. The number of benzene rings is 1. The van der Waals surface area contributed by atoms with Crippen molar-refractivity contribution in [2.45, 2.75) is 13.0 Å². The van der Waals surface area contributed by atoms with E-state index in [1.807, 2.05) is 13.0 Å². The van der Waals surface area contributed by atoms with Crippen molar-refractivity contribution in [3.8, 4) is 17.1 Å². The highest BCUT2D eigenvalue weighted by Gasteiger charge is 2.19. The summed E-state index contributed by atoms with van der Waals surface area (Å²) in [5.41, 5.74) is 1.26. The SMILES string of the molecule is COC(=O)c1ccc(C(C)n2nc(-c3cc(Cl)cc(Cl)c3)cc2O)s1. The summed E-state index contributed by atoms with van der Waals surface area (Å²) in [6, 6.07) is 9.89. The highest BCUT2D eigenvalue weighted by atomic mass is 35.5. The van der Waals surface area contributed by atoms with Crippen LogP contribution in [0.5, 0.6) is 5.88 Å². The zero-order chi connectivity index (χ0) is 18.1. The summed E-state index contributed by atoms with van der Waals surface area (Å²) in [5.74, 6) is -0.381. The van der Waals surface area contributed by atoms with Crippen LogP contribution in [0.1, 0.15) is 27.5 Å². The second-order valence-corrected chi connectivity index (χ2v) is 7.35. The van der Waals surface area contributed by atoms with Crippen LogP contribution in [0.2, 0.25) is 10.0 Å². The van der Waals surface area contributed by atoms with Gasteiger partial charge in [0, 0.05) is 26.6 Å². The number of esters is 1. The van der Waals surface area contributed by atoms with E-state index < -0.39 is 0 Å². The summed E-state index contributed by atoms with van der Waals surface area (Å²) < 4.78 is 6.20. The summed E-state index contributed by atoms with van der Waals surface area (Å²) in [7, 11) is 1.34. The molecule has 1 N–H and O–H groups in total. The van der Waals surface area contributed by atoms with E-state index in [0.29, 0.717) is 26.2 Å². The maximum absolute atomic E-state index is 11.6. The summed E-state index contributed by atoms with van der Waals surface area (Å²) in [6.07, 6.45) is 0. The number of ether oxygens (including phenoxy) is 1. The number of nitrogens with zero attached hydrogens (tertiary/aromatic N) is 2. The normalized spacial score (nSPS) is 12.2. The molecule has 0 saturated carbocycles. The van der Waals surface area contributed by atoms with Crippen molar-refractivity contribution in [2.24, 2.45) is 0 Å². The Morgan fingerprint density at radius 3 is 2.56 bits per heavy atom. The lowest BCUT2D eigenvalue weighted by molar-refractivity contribution is 0.0606. The lowest BCUT2D eigenvalue weighted by atomic mass is 10.1. The van der Waals surface area contributed by atoms with Gasteiger partial charge in [-0.25, -0.2) is 9.48 Å². The minimum Gasteiger partial charge on any atom is -0.493 e.